The van der Waals surface area contributed by atoms with E-state index in [4.69, 9.17) is 0 Å². The van der Waals surface area contributed by atoms with Crippen molar-refractivity contribution in [2.45, 2.75) is 38.1 Å². The molecule has 0 spiro atoms. The molecule has 10 heteroatoms. The maximum absolute atomic E-state index is 12.8. The fraction of sp³-hybridized carbons (Fsp3) is 0.450. The van der Waals surface area contributed by atoms with Crippen LogP contribution in [0.5, 0.6) is 0 Å². The van der Waals surface area contributed by atoms with Gasteiger partial charge in [0.25, 0.3) is 17.1 Å². The number of nitrogens with zero attached hydrogens (tertiary/aromatic N) is 2. The van der Waals surface area contributed by atoms with Gasteiger partial charge in [-0.25, -0.2) is 4.79 Å². The molecule has 0 aromatic heterocycles. The lowest BCUT2D eigenvalue weighted by molar-refractivity contribution is -0.124. The van der Waals surface area contributed by atoms with Crippen LogP contribution in [0.15, 0.2) is 18.2 Å². The highest BCUT2D eigenvalue weighted by molar-refractivity contribution is 8.14. The number of carbonyl (C=O) groups excluding carboxylic acids is 5. The first-order valence-electron chi connectivity index (χ1n) is 9.99. The number of rotatable bonds is 5. The molecule has 9 nitrogen and oxygen atoms in total. The quantitative estimate of drug-likeness (QED) is 0.693. The highest BCUT2D eigenvalue weighted by atomic mass is 32.2. The zero-order valence-electron chi connectivity index (χ0n) is 16.3. The van der Waals surface area contributed by atoms with Crippen molar-refractivity contribution in [2.24, 2.45) is 0 Å². The zero-order valence-corrected chi connectivity index (χ0v) is 17.1. The van der Waals surface area contributed by atoms with E-state index in [1.165, 1.54) is 11.0 Å². The smallest absolute Gasteiger partial charge is 0.319 e. The minimum atomic E-state index is -0.525. The fourth-order valence-electron chi connectivity index (χ4n) is 4.06. The predicted octanol–water partition coefficient (Wildman–Crippen LogP) is 2.43. The number of hydrogen-bond acceptors (Lipinski definition) is 6. The molecule has 1 saturated carbocycles. The molecule has 2 aliphatic heterocycles. The molecule has 0 atom stereocenters. The Labute approximate surface area is 177 Å². The maximum atomic E-state index is 12.8. The van der Waals surface area contributed by atoms with Crippen LogP contribution >= 0.6 is 11.8 Å². The monoisotopic (exact) mass is 430 g/mol. The molecule has 30 heavy (non-hydrogen) atoms. The summed E-state index contributed by atoms with van der Waals surface area (Å²) in [6.45, 7) is 0.216. The van der Waals surface area contributed by atoms with Crippen molar-refractivity contribution in [3.8, 4) is 0 Å². The van der Waals surface area contributed by atoms with Gasteiger partial charge in [-0.3, -0.25) is 29.0 Å². The van der Waals surface area contributed by atoms with Gasteiger partial charge >= 0.3 is 6.03 Å². The number of nitrogens with one attached hydrogen (secondary N) is 2. The van der Waals surface area contributed by atoms with E-state index in [9.17, 15) is 24.0 Å². The summed E-state index contributed by atoms with van der Waals surface area (Å²) in [5.74, 6) is -0.716. The normalized spacial score (nSPS) is 19.5. The van der Waals surface area contributed by atoms with E-state index in [0.29, 0.717) is 16.8 Å². The second-order valence-corrected chi connectivity index (χ2v) is 8.44. The Balaban J connectivity index is 1.35. The van der Waals surface area contributed by atoms with Gasteiger partial charge in [-0.05, 0) is 31.0 Å². The Hall–Kier alpha value is -2.88. The molecule has 1 saturated heterocycles. The Kier molecular flexibility index (Phi) is 5.76. The topological polar surface area (TPSA) is 116 Å². The van der Waals surface area contributed by atoms with Crippen molar-refractivity contribution in [1.29, 1.82) is 0 Å². The van der Waals surface area contributed by atoms with Crippen molar-refractivity contribution in [1.82, 2.24) is 15.1 Å². The van der Waals surface area contributed by atoms with Gasteiger partial charge in [0, 0.05) is 24.8 Å². The number of thioether (sulfide) groups is 1. The van der Waals surface area contributed by atoms with Crippen LogP contribution in [0.25, 0.3) is 0 Å². The summed E-state index contributed by atoms with van der Waals surface area (Å²) in [7, 11) is 0. The lowest BCUT2D eigenvalue weighted by Crippen LogP contribution is -2.40. The molecule has 6 amide bonds. The first-order chi connectivity index (χ1) is 14.5. The summed E-state index contributed by atoms with van der Waals surface area (Å²) in [5.41, 5.74) is 1.05. The van der Waals surface area contributed by atoms with Crippen LogP contribution in [-0.4, -0.2) is 63.7 Å². The van der Waals surface area contributed by atoms with Crippen molar-refractivity contribution >= 4 is 46.4 Å². The first-order valence-corrected chi connectivity index (χ1v) is 11.0. The lowest BCUT2D eigenvalue weighted by Gasteiger charge is -2.29. The Morgan fingerprint density at radius 2 is 1.77 bits per heavy atom. The molecule has 158 valence electrons. The van der Waals surface area contributed by atoms with Gasteiger partial charge in [0.15, 0.2) is 0 Å². The van der Waals surface area contributed by atoms with Gasteiger partial charge in [0.2, 0.25) is 5.91 Å². The summed E-state index contributed by atoms with van der Waals surface area (Å²) >= 11 is 0.943. The highest BCUT2D eigenvalue weighted by Crippen LogP contribution is 2.32. The van der Waals surface area contributed by atoms with E-state index in [1.54, 1.807) is 12.1 Å². The van der Waals surface area contributed by atoms with Crippen LogP contribution in [0.3, 0.4) is 0 Å². The Bertz CT molecular complexity index is 912. The van der Waals surface area contributed by atoms with Gasteiger partial charge in [-0.1, -0.05) is 31.0 Å². The summed E-state index contributed by atoms with van der Waals surface area (Å²) in [5, 5.41) is 4.89. The van der Waals surface area contributed by atoms with Gasteiger partial charge in [0.1, 0.15) is 0 Å². The van der Waals surface area contributed by atoms with Crippen molar-refractivity contribution < 1.29 is 24.0 Å². The summed E-state index contributed by atoms with van der Waals surface area (Å²) < 4.78 is 0. The molecule has 2 fully saturated rings. The van der Waals surface area contributed by atoms with Gasteiger partial charge < -0.3 is 10.6 Å². The predicted molar refractivity (Wildman–Crippen MR) is 110 cm³/mol. The summed E-state index contributed by atoms with van der Waals surface area (Å²) in [4.78, 5) is 63.2. The Morgan fingerprint density at radius 1 is 1.03 bits per heavy atom. The van der Waals surface area contributed by atoms with Gasteiger partial charge in [-0.15, -0.1) is 0 Å². The third kappa shape index (κ3) is 3.91. The number of hydrogen-bond donors (Lipinski definition) is 2. The average Bonchev–Trinajstić information content (AvgIpc) is 3.19. The van der Waals surface area contributed by atoms with Crippen molar-refractivity contribution in [2.75, 3.05) is 24.2 Å². The molecule has 0 unspecified atom stereocenters. The lowest BCUT2D eigenvalue weighted by atomic mass is 9.94. The molecule has 2 N–H and O–H groups in total. The van der Waals surface area contributed by atoms with E-state index in [0.717, 1.165) is 48.8 Å². The van der Waals surface area contributed by atoms with E-state index < -0.39 is 6.03 Å². The maximum Gasteiger partial charge on any atom is 0.319 e. The molecule has 1 aliphatic carbocycles. The van der Waals surface area contributed by atoms with Crippen molar-refractivity contribution in [3.05, 3.63) is 29.3 Å². The standard InChI is InChI=1S/C20H22N4O5S/c25-16-11-30-20(29)23(16)9-8-21-19(28)22-12-6-7-14-15(10-12)18(27)24(17(14)26)13-4-2-1-3-5-13/h6-7,10,13H,1-5,8-9,11H2,(H2,21,22,28). The summed E-state index contributed by atoms with van der Waals surface area (Å²) in [6.07, 6.45) is 4.82. The van der Waals surface area contributed by atoms with Crippen LogP contribution in [0.1, 0.15) is 52.8 Å². The number of fused-ring (bicyclic) bond motifs is 1. The number of urea groups is 1. The van der Waals surface area contributed by atoms with E-state index in [1.807, 2.05) is 0 Å². The van der Waals surface area contributed by atoms with Crippen molar-refractivity contribution in [3.63, 3.8) is 0 Å². The van der Waals surface area contributed by atoms with Gasteiger partial charge in [-0.2, -0.15) is 0 Å². The van der Waals surface area contributed by atoms with Crippen LogP contribution in [0, 0.1) is 0 Å². The molecule has 0 radical (unpaired) electrons. The number of benzene rings is 1. The van der Waals surface area contributed by atoms with Gasteiger partial charge in [0.05, 0.1) is 16.9 Å². The largest absolute Gasteiger partial charge is 0.336 e. The minimum Gasteiger partial charge on any atom is -0.336 e. The second kappa shape index (κ2) is 8.47. The number of imide groups is 2. The third-order valence-corrected chi connectivity index (χ3v) is 6.44. The summed E-state index contributed by atoms with van der Waals surface area (Å²) in [6, 6.07) is 4.08. The number of amides is 6. The fourth-order valence-corrected chi connectivity index (χ4v) is 4.81. The van der Waals surface area contributed by atoms with Crippen LogP contribution in [-0.2, 0) is 4.79 Å². The van der Waals surface area contributed by atoms with E-state index in [2.05, 4.69) is 10.6 Å². The van der Waals surface area contributed by atoms with Crippen LogP contribution in [0.2, 0.25) is 0 Å². The average molecular weight is 430 g/mol. The third-order valence-electron chi connectivity index (χ3n) is 5.58. The first kappa shape index (κ1) is 20.4. The van der Waals surface area contributed by atoms with E-state index >= 15 is 0 Å². The molecule has 4 rings (SSSR count). The molecular formula is C20H22N4O5S. The molecule has 1 aromatic carbocycles. The molecule has 1 aromatic rings. The highest BCUT2D eigenvalue weighted by Gasteiger charge is 2.40. The molecular weight excluding hydrogens is 408 g/mol. The molecule has 3 aliphatic rings. The van der Waals surface area contributed by atoms with Crippen LogP contribution in [0.4, 0.5) is 15.3 Å². The van der Waals surface area contributed by atoms with Crippen LogP contribution < -0.4 is 10.6 Å². The second-order valence-electron chi connectivity index (χ2n) is 7.51. The zero-order chi connectivity index (χ0) is 21.3. The molecule has 0 bridgehead atoms. The minimum absolute atomic E-state index is 0.0555. The van der Waals surface area contributed by atoms with E-state index in [-0.39, 0.29) is 47.8 Å². The SMILES string of the molecule is O=C(NCCN1C(=O)CSC1=O)Nc1ccc2c(c1)C(=O)N(C1CCCCC1)C2=O. The number of carbonyl (C=O) groups is 5. The molecule has 2 heterocycles. The Morgan fingerprint density at radius 3 is 2.47 bits per heavy atom. The number of anilines is 1.